The Labute approximate surface area is 88.5 Å². The van der Waals surface area contributed by atoms with E-state index in [0.29, 0.717) is 0 Å². The maximum Gasteiger partial charge on any atom is 0.231 e. The third kappa shape index (κ3) is 3.52. The van der Waals surface area contributed by atoms with Crippen LogP contribution >= 0.6 is 0 Å². The number of hydrogen-bond donors (Lipinski definition) is 2. The summed E-state index contributed by atoms with van der Waals surface area (Å²) in [6, 6.07) is 8.77. The van der Waals surface area contributed by atoms with E-state index >= 15 is 0 Å². The van der Waals surface area contributed by atoms with Crippen LogP contribution in [0.4, 0.5) is 0 Å². The third-order valence-electron chi connectivity index (χ3n) is 2.02. The first kappa shape index (κ1) is 11.4. The SMILES string of the molecule is CC(=O)C(NCC(N)=O)c1ccccc1. The van der Waals surface area contributed by atoms with Crippen LogP contribution in [0, 0.1) is 0 Å². The number of amides is 1. The van der Waals surface area contributed by atoms with E-state index < -0.39 is 11.9 Å². The van der Waals surface area contributed by atoms with E-state index in [1.807, 2.05) is 30.3 Å². The average molecular weight is 206 g/mol. The van der Waals surface area contributed by atoms with Crippen molar-refractivity contribution in [3.63, 3.8) is 0 Å². The molecule has 0 aliphatic carbocycles. The van der Waals surface area contributed by atoms with Crippen LogP contribution in [0.25, 0.3) is 0 Å². The smallest absolute Gasteiger partial charge is 0.231 e. The molecule has 1 amide bonds. The number of hydrogen-bond acceptors (Lipinski definition) is 3. The normalized spacial score (nSPS) is 12.1. The second kappa shape index (κ2) is 5.26. The van der Waals surface area contributed by atoms with Gasteiger partial charge in [-0.05, 0) is 12.5 Å². The Morgan fingerprint density at radius 3 is 2.40 bits per heavy atom. The molecule has 4 heteroatoms. The summed E-state index contributed by atoms with van der Waals surface area (Å²) in [5.41, 5.74) is 5.85. The Balaban J connectivity index is 2.75. The summed E-state index contributed by atoms with van der Waals surface area (Å²) in [5, 5.41) is 2.81. The average Bonchev–Trinajstić information content (AvgIpc) is 2.18. The van der Waals surface area contributed by atoms with Gasteiger partial charge in [-0.3, -0.25) is 14.9 Å². The molecule has 1 unspecified atom stereocenters. The van der Waals surface area contributed by atoms with Crippen molar-refractivity contribution in [1.29, 1.82) is 0 Å². The zero-order valence-electron chi connectivity index (χ0n) is 8.57. The van der Waals surface area contributed by atoms with Gasteiger partial charge in [-0.1, -0.05) is 30.3 Å². The third-order valence-corrected chi connectivity index (χ3v) is 2.02. The quantitative estimate of drug-likeness (QED) is 0.732. The van der Waals surface area contributed by atoms with Crippen molar-refractivity contribution in [2.75, 3.05) is 6.54 Å². The van der Waals surface area contributed by atoms with E-state index in [-0.39, 0.29) is 12.3 Å². The molecule has 0 aliphatic rings. The molecule has 0 radical (unpaired) electrons. The zero-order valence-corrected chi connectivity index (χ0v) is 8.57. The molecule has 0 saturated carbocycles. The molecule has 1 rings (SSSR count). The van der Waals surface area contributed by atoms with Gasteiger partial charge in [0.1, 0.15) is 0 Å². The van der Waals surface area contributed by atoms with Crippen LogP contribution in [0.5, 0.6) is 0 Å². The molecule has 0 aliphatic heterocycles. The second-order valence-electron chi connectivity index (χ2n) is 3.30. The van der Waals surface area contributed by atoms with Crippen LogP contribution in [-0.2, 0) is 9.59 Å². The Morgan fingerprint density at radius 1 is 1.33 bits per heavy atom. The summed E-state index contributed by atoms with van der Waals surface area (Å²) in [5.74, 6) is -0.514. The van der Waals surface area contributed by atoms with Crippen LogP contribution in [-0.4, -0.2) is 18.2 Å². The monoisotopic (exact) mass is 206 g/mol. The fourth-order valence-electron chi connectivity index (χ4n) is 1.34. The second-order valence-corrected chi connectivity index (χ2v) is 3.30. The van der Waals surface area contributed by atoms with Gasteiger partial charge >= 0.3 is 0 Å². The van der Waals surface area contributed by atoms with E-state index in [4.69, 9.17) is 5.73 Å². The summed E-state index contributed by atoms with van der Waals surface area (Å²) in [4.78, 5) is 21.9. The van der Waals surface area contributed by atoms with Crippen molar-refractivity contribution in [3.8, 4) is 0 Å². The van der Waals surface area contributed by atoms with Crippen LogP contribution < -0.4 is 11.1 Å². The Morgan fingerprint density at radius 2 is 1.93 bits per heavy atom. The molecule has 0 bridgehead atoms. The molecule has 0 aromatic heterocycles. The van der Waals surface area contributed by atoms with Gasteiger partial charge in [0.15, 0.2) is 5.78 Å². The molecule has 0 saturated heterocycles. The Bertz CT molecular complexity index is 349. The summed E-state index contributed by atoms with van der Waals surface area (Å²) >= 11 is 0. The molecule has 80 valence electrons. The van der Waals surface area contributed by atoms with E-state index in [0.717, 1.165) is 5.56 Å². The highest BCUT2D eigenvalue weighted by Gasteiger charge is 2.15. The molecular formula is C11H14N2O2. The first-order valence-electron chi connectivity index (χ1n) is 4.68. The molecule has 15 heavy (non-hydrogen) atoms. The van der Waals surface area contributed by atoms with Crippen LogP contribution in [0.1, 0.15) is 18.5 Å². The fourth-order valence-corrected chi connectivity index (χ4v) is 1.34. The minimum Gasteiger partial charge on any atom is -0.369 e. The van der Waals surface area contributed by atoms with Crippen LogP contribution in [0.15, 0.2) is 30.3 Å². The van der Waals surface area contributed by atoms with Gasteiger partial charge in [0, 0.05) is 0 Å². The Hall–Kier alpha value is -1.68. The van der Waals surface area contributed by atoms with Gasteiger partial charge in [-0.2, -0.15) is 0 Å². The van der Waals surface area contributed by atoms with Gasteiger partial charge in [0.2, 0.25) is 5.91 Å². The Kier molecular flexibility index (Phi) is 4.00. The van der Waals surface area contributed by atoms with Crippen molar-refractivity contribution in [2.24, 2.45) is 5.73 Å². The van der Waals surface area contributed by atoms with Crippen molar-refractivity contribution >= 4 is 11.7 Å². The number of nitrogens with one attached hydrogen (secondary N) is 1. The topological polar surface area (TPSA) is 72.2 Å². The van der Waals surface area contributed by atoms with E-state index in [2.05, 4.69) is 5.32 Å². The molecule has 0 heterocycles. The number of nitrogens with two attached hydrogens (primary N) is 1. The molecule has 4 nitrogen and oxygen atoms in total. The first-order chi connectivity index (χ1) is 7.11. The number of carbonyl (C=O) groups is 2. The first-order valence-corrected chi connectivity index (χ1v) is 4.68. The summed E-state index contributed by atoms with van der Waals surface area (Å²) in [7, 11) is 0. The van der Waals surface area contributed by atoms with Gasteiger partial charge in [-0.15, -0.1) is 0 Å². The van der Waals surface area contributed by atoms with Crippen LogP contribution in [0.3, 0.4) is 0 Å². The predicted molar refractivity (Wildman–Crippen MR) is 57.1 cm³/mol. The van der Waals surface area contributed by atoms with Gasteiger partial charge < -0.3 is 5.73 Å². The maximum absolute atomic E-state index is 11.3. The predicted octanol–water partition coefficient (Wildman–Crippen LogP) is 0.392. The highest BCUT2D eigenvalue weighted by atomic mass is 16.1. The minimum absolute atomic E-state index is 0.000852. The van der Waals surface area contributed by atoms with Crippen molar-refractivity contribution in [2.45, 2.75) is 13.0 Å². The van der Waals surface area contributed by atoms with Crippen molar-refractivity contribution in [1.82, 2.24) is 5.32 Å². The number of benzene rings is 1. The van der Waals surface area contributed by atoms with Crippen molar-refractivity contribution in [3.05, 3.63) is 35.9 Å². The zero-order chi connectivity index (χ0) is 11.3. The molecule has 1 atom stereocenters. The molecule has 1 aromatic carbocycles. The molecule has 3 N–H and O–H groups in total. The van der Waals surface area contributed by atoms with Crippen molar-refractivity contribution < 1.29 is 9.59 Å². The number of rotatable bonds is 5. The summed E-state index contributed by atoms with van der Waals surface area (Å²) < 4.78 is 0. The largest absolute Gasteiger partial charge is 0.369 e. The lowest BCUT2D eigenvalue weighted by molar-refractivity contribution is -0.120. The number of Topliss-reactive ketones (excluding diaryl/α,β-unsaturated/α-hetero) is 1. The lowest BCUT2D eigenvalue weighted by atomic mass is 10.0. The summed E-state index contributed by atoms with van der Waals surface area (Å²) in [6.07, 6.45) is 0. The highest BCUT2D eigenvalue weighted by Crippen LogP contribution is 2.12. The maximum atomic E-state index is 11.3. The van der Waals surface area contributed by atoms with Gasteiger partial charge in [0.05, 0.1) is 12.6 Å². The molecule has 0 spiro atoms. The van der Waals surface area contributed by atoms with Crippen LogP contribution in [0.2, 0.25) is 0 Å². The lowest BCUT2D eigenvalue weighted by Crippen LogP contribution is -2.34. The molecule has 1 aromatic rings. The number of primary amides is 1. The van der Waals surface area contributed by atoms with E-state index in [1.54, 1.807) is 0 Å². The summed E-state index contributed by atoms with van der Waals surface area (Å²) in [6.45, 7) is 1.48. The lowest BCUT2D eigenvalue weighted by Gasteiger charge is -2.14. The van der Waals surface area contributed by atoms with E-state index in [9.17, 15) is 9.59 Å². The molecule has 0 fully saturated rings. The number of carbonyl (C=O) groups excluding carboxylic acids is 2. The van der Waals surface area contributed by atoms with Gasteiger partial charge in [0.25, 0.3) is 0 Å². The van der Waals surface area contributed by atoms with E-state index in [1.165, 1.54) is 6.92 Å². The number of ketones is 1. The highest BCUT2D eigenvalue weighted by molar-refractivity contribution is 5.84. The standard InChI is InChI=1S/C11H14N2O2/c1-8(14)11(13-7-10(12)15)9-5-3-2-4-6-9/h2-6,11,13H,7H2,1H3,(H2,12,15). The molecular weight excluding hydrogens is 192 g/mol. The van der Waals surface area contributed by atoms with Gasteiger partial charge in [-0.25, -0.2) is 0 Å². The fraction of sp³-hybridized carbons (Fsp3) is 0.273. The minimum atomic E-state index is -0.475.